The lowest BCUT2D eigenvalue weighted by atomic mass is 10.3. The minimum absolute atomic E-state index is 0.174. The Balaban J connectivity index is 2.34. The average molecular weight is 409 g/mol. The van der Waals surface area contributed by atoms with Gasteiger partial charge in [-0.05, 0) is 56.7 Å². The standard InChI is InChI=1S/C10H7BrFIN4/c11-6-4-15-10(14)17-9(6)16-8-2-1-5(12)3-7(8)13/h1-4H,(H3,14,15,16,17). The summed E-state index contributed by atoms with van der Waals surface area (Å²) in [6, 6.07) is 4.45. The van der Waals surface area contributed by atoms with Crippen molar-refractivity contribution >= 4 is 56.0 Å². The number of nitrogens with zero attached hydrogens (tertiary/aromatic N) is 2. The summed E-state index contributed by atoms with van der Waals surface area (Å²) in [7, 11) is 0. The number of benzene rings is 1. The van der Waals surface area contributed by atoms with Crippen LogP contribution < -0.4 is 11.1 Å². The normalized spacial score (nSPS) is 10.3. The number of nitrogen functional groups attached to an aromatic ring is 1. The van der Waals surface area contributed by atoms with E-state index < -0.39 is 0 Å². The Labute approximate surface area is 119 Å². The molecule has 0 unspecified atom stereocenters. The highest BCUT2D eigenvalue weighted by atomic mass is 127. The molecule has 0 aliphatic heterocycles. The highest BCUT2D eigenvalue weighted by molar-refractivity contribution is 14.1. The molecule has 3 N–H and O–H groups in total. The second kappa shape index (κ2) is 5.13. The maximum Gasteiger partial charge on any atom is 0.222 e. The van der Waals surface area contributed by atoms with Crippen molar-refractivity contribution in [3.05, 3.63) is 38.3 Å². The van der Waals surface area contributed by atoms with Crippen molar-refractivity contribution < 1.29 is 4.39 Å². The van der Waals surface area contributed by atoms with Crippen molar-refractivity contribution in [2.45, 2.75) is 0 Å². The van der Waals surface area contributed by atoms with Crippen LogP contribution in [0.3, 0.4) is 0 Å². The Morgan fingerprint density at radius 1 is 1.41 bits per heavy atom. The molecule has 0 saturated carbocycles. The number of aromatic nitrogens is 2. The zero-order valence-electron chi connectivity index (χ0n) is 8.42. The molecule has 0 amide bonds. The first-order chi connectivity index (χ1) is 8.06. The van der Waals surface area contributed by atoms with E-state index in [1.807, 2.05) is 22.6 Å². The lowest BCUT2D eigenvalue weighted by Crippen LogP contribution is -2.01. The Morgan fingerprint density at radius 3 is 2.88 bits per heavy atom. The fourth-order valence-corrected chi connectivity index (χ4v) is 2.09. The van der Waals surface area contributed by atoms with Crippen molar-refractivity contribution in [2.75, 3.05) is 11.1 Å². The lowest BCUT2D eigenvalue weighted by molar-refractivity contribution is 0.627. The van der Waals surface area contributed by atoms with Crippen LogP contribution in [0.5, 0.6) is 0 Å². The molecule has 1 aromatic carbocycles. The number of hydrogen-bond acceptors (Lipinski definition) is 4. The summed E-state index contributed by atoms with van der Waals surface area (Å²) in [4.78, 5) is 7.88. The summed E-state index contributed by atoms with van der Waals surface area (Å²) >= 11 is 5.35. The first kappa shape index (κ1) is 12.5. The van der Waals surface area contributed by atoms with Gasteiger partial charge in [-0.2, -0.15) is 4.98 Å². The molecule has 0 spiro atoms. The minimum Gasteiger partial charge on any atom is -0.368 e. The molecule has 0 saturated heterocycles. The van der Waals surface area contributed by atoms with Crippen LogP contribution in [-0.2, 0) is 0 Å². The van der Waals surface area contributed by atoms with E-state index in [-0.39, 0.29) is 11.8 Å². The van der Waals surface area contributed by atoms with Crippen LogP contribution in [0.25, 0.3) is 0 Å². The zero-order valence-corrected chi connectivity index (χ0v) is 12.2. The molecule has 0 aliphatic carbocycles. The number of anilines is 3. The van der Waals surface area contributed by atoms with Crippen LogP contribution in [0.1, 0.15) is 0 Å². The van der Waals surface area contributed by atoms with Crippen LogP contribution in [0, 0.1) is 9.39 Å². The molecule has 0 bridgehead atoms. The third-order valence-corrected chi connectivity index (χ3v) is 3.42. The van der Waals surface area contributed by atoms with Gasteiger partial charge in [-0.3, -0.25) is 0 Å². The van der Waals surface area contributed by atoms with E-state index in [1.54, 1.807) is 12.3 Å². The summed E-state index contributed by atoms with van der Waals surface area (Å²) in [6.07, 6.45) is 1.56. The molecule has 2 aromatic rings. The SMILES string of the molecule is Nc1ncc(Br)c(Nc2ccc(F)cc2I)n1. The third-order valence-electron chi connectivity index (χ3n) is 1.95. The molecular formula is C10H7BrFIN4. The van der Waals surface area contributed by atoms with Crippen molar-refractivity contribution in [1.29, 1.82) is 0 Å². The highest BCUT2D eigenvalue weighted by Gasteiger charge is 2.06. The number of hydrogen-bond donors (Lipinski definition) is 2. The monoisotopic (exact) mass is 408 g/mol. The van der Waals surface area contributed by atoms with E-state index in [1.165, 1.54) is 12.1 Å². The summed E-state index contributed by atoms with van der Waals surface area (Å²) in [5.74, 6) is 0.441. The predicted octanol–water partition coefficient (Wildman–Crippen LogP) is 3.31. The van der Waals surface area contributed by atoms with Gasteiger partial charge in [-0.1, -0.05) is 0 Å². The molecule has 0 radical (unpaired) electrons. The summed E-state index contributed by atoms with van der Waals surface area (Å²) in [5.41, 5.74) is 6.25. The molecule has 0 aliphatic rings. The van der Waals surface area contributed by atoms with Gasteiger partial charge in [0.15, 0.2) is 0 Å². The van der Waals surface area contributed by atoms with E-state index >= 15 is 0 Å². The van der Waals surface area contributed by atoms with Crippen LogP contribution in [-0.4, -0.2) is 9.97 Å². The van der Waals surface area contributed by atoms with Gasteiger partial charge < -0.3 is 11.1 Å². The van der Waals surface area contributed by atoms with E-state index in [0.717, 1.165) is 9.26 Å². The average Bonchev–Trinajstić information content (AvgIpc) is 2.27. The van der Waals surface area contributed by atoms with Crippen molar-refractivity contribution in [1.82, 2.24) is 9.97 Å². The molecule has 1 aromatic heterocycles. The van der Waals surface area contributed by atoms with E-state index in [9.17, 15) is 4.39 Å². The fourth-order valence-electron chi connectivity index (χ4n) is 1.19. The van der Waals surface area contributed by atoms with Crippen molar-refractivity contribution in [2.24, 2.45) is 0 Å². The number of rotatable bonds is 2. The van der Waals surface area contributed by atoms with Gasteiger partial charge in [-0.25, -0.2) is 9.37 Å². The second-order valence-corrected chi connectivity index (χ2v) is 5.19. The number of nitrogens with one attached hydrogen (secondary N) is 1. The second-order valence-electron chi connectivity index (χ2n) is 3.17. The van der Waals surface area contributed by atoms with Crippen LogP contribution in [0.2, 0.25) is 0 Å². The molecule has 2 rings (SSSR count). The first-order valence-corrected chi connectivity index (χ1v) is 6.43. The van der Waals surface area contributed by atoms with E-state index in [2.05, 4.69) is 31.2 Å². The van der Waals surface area contributed by atoms with Crippen LogP contribution in [0.4, 0.5) is 21.8 Å². The van der Waals surface area contributed by atoms with E-state index in [0.29, 0.717) is 10.3 Å². The third kappa shape index (κ3) is 3.03. The van der Waals surface area contributed by atoms with Gasteiger partial charge in [0.2, 0.25) is 5.95 Å². The predicted molar refractivity (Wildman–Crippen MR) is 76.5 cm³/mol. The Bertz CT molecular complexity index is 564. The van der Waals surface area contributed by atoms with Gasteiger partial charge in [0, 0.05) is 9.77 Å². The lowest BCUT2D eigenvalue weighted by Gasteiger charge is -2.09. The quantitative estimate of drug-likeness (QED) is 0.748. The molecule has 7 heteroatoms. The first-order valence-electron chi connectivity index (χ1n) is 4.56. The van der Waals surface area contributed by atoms with Crippen LogP contribution in [0.15, 0.2) is 28.9 Å². The molecule has 88 valence electrons. The maximum absolute atomic E-state index is 12.9. The summed E-state index contributed by atoms with van der Waals surface area (Å²) in [6.45, 7) is 0. The summed E-state index contributed by atoms with van der Waals surface area (Å²) < 4.78 is 14.4. The number of nitrogens with two attached hydrogens (primary N) is 1. The number of halogens is 3. The van der Waals surface area contributed by atoms with Gasteiger partial charge in [-0.15, -0.1) is 0 Å². The topological polar surface area (TPSA) is 63.8 Å². The largest absolute Gasteiger partial charge is 0.368 e. The molecule has 1 heterocycles. The van der Waals surface area contributed by atoms with Gasteiger partial charge in [0.25, 0.3) is 0 Å². The smallest absolute Gasteiger partial charge is 0.222 e. The van der Waals surface area contributed by atoms with Crippen molar-refractivity contribution in [3.63, 3.8) is 0 Å². The highest BCUT2D eigenvalue weighted by Crippen LogP contribution is 2.26. The molecule has 17 heavy (non-hydrogen) atoms. The van der Waals surface area contributed by atoms with Crippen LogP contribution >= 0.6 is 38.5 Å². The Kier molecular flexibility index (Phi) is 3.77. The maximum atomic E-state index is 12.9. The Morgan fingerprint density at radius 2 is 2.18 bits per heavy atom. The summed E-state index contributed by atoms with van der Waals surface area (Å²) in [5, 5.41) is 3.06. The Hall–Kier alpha value is -0.960. The molecular weight excluding hydrogens is 402 g/mol. The van der Waals surface area contributed by atoms with Gasteiger partial charge in [0.05, 0.1) is 10.2 Å². The molecule has 0 fully saturated rings. The molecule has 0 atom stereocenters. The molecule has 4 nitrogen and oxygen atoms in total. The minimum atomic E-state index is -0.277. The zero-order chi connectivity index (χ0) is 12.4. The van der Waals surface area contributed by atoms with Gasteiger partial charge >= 0.3 is 0 Å². The van der Waals surface area contributed by atoms with E-state index in [4.69, 9.17) is 5.73 Å². The van der Waals surface area contributed by atoms with Gasteiger partial charge in [0.1, 0.15) is 11.6 Å². The fraction of sp³-hybridized carbons (Fsp3) is 0. The van der Waals surface area contributed by atoms with Crippen molar-refractivity contribution in [3.8, 4) is 0 Å².